The van der Waals surface area contributed by atoms with E-state index >= 15 is 0 Å². The van der Waals surface area contributed by atoms with Gasteiger partial charge in [-0.3, -0.25) is 9.47 Å². The average molecular weight is 618 g/mol. The number of rotatable bonds is 6. The van der Waals surface area contributed by atoms with Gasteiger partial charge in [0.05, 0.1) is 5.52 Å². The summed E-state index contributed by atoms with van der Waals surface area (Å²) < 4.78 is 2.03. The second-order valence-corrected chi connectivity index (χ2v) is 11.4. The maximum atomic E-state index is 5.27. The van der Waals surface area contributed by atoms with E-state index in [1.165, 1.54) is 0 Å². The first-order valence-corrected chi connectivity index (χ1v) is 15.8. The molecule has 7 nitrogen and oxygen atoms in total. The van der Waals surface area contributed by atoms with Crippen molar-refractivity contribution in [1.82, 2.24) is 29.5 Å². The lowest BCUT2D eigenvalue weighted by molar-refractivity contribution is 0.940. The van der Waals surface area contributed by atoms with Crippen LogP contribution in [0, 0.1) is 0 Å². The van der Waals surface area contributed by atoms with Crippen LogP contribution in [0.15, 0.2) is 164 Å². The summed E-state index contributed by atoms with van der Waals surface area (Å²) in [5.74, 6) is 2.19. The first-order valence-electron chi connectivity index (χ1n) is 15.8. The Balaban J connectivity index is 1.33. The van der Waals surface area contributed by atoms with E-state index in [4.69, 9.17) is 24.9 Å². The molecule has 0 fully saturated rings. The van der Waals surface area contributed by atoms with E-state index in [0.717, 1.165) is 49.6 Å². The second kappa shape index (κ2) is 11.6. The Labute approximate surface area is 276 Å². The van der Waals surface area contributed by atoms with Crippen molar-refractivity contribution < 1.29 is 0 Å². The van der Waals surface area contributed by atoms with Crippen molar-refractivity contribution in [3.63, 3.8) is 0 Å². The van der Waals surface area contributed by atoms with Crippen LogP contribution < -0.4 is 4.90 Å². The van der Waals surface area contributed by atoms with Crippen LogP contribution in [0.3, 0.4) is 0 Å². The molecule has 0 aliphatic heterocycles. The van der Waals surface area contributed by atoms with Crippen LogP contribution in [0.1, 0.15) is 0 Å². The van der Waals surface area contributed by atoms with Crippen LogP contribution in [-0.4, -0.2) is 29.5 Å². The Morgan fingerprint density at radius 3 is 1.81 bits per heavy atom. The Bertz CT molecular complexity index is 2520. The first kappa shape index (κ1) is 27.6. The molecule has 0 saturated heterocycles. The molecule has 0 saturated carbocycles. The molecule has 0 aliphatic carbocycles. The molecule has 0 unspecified atom stereocenters. The largest absolute Gasteiger partial charge is 0.279 e. The molecule has 9 aromatic rings. The van der Waals surface area contributed by atoms with Crippen molar-refractivity contribution in [2.45, 2.75) is 0 Å². The van der Waals surface area contributed by atoms with Crippen molar-refractivity contribution in [3.05, 3.63) is 164 Å². The maximum absolute atomic E-state index is 5.27. The molecule has 0 spiro atoms. The van der Waals surface area contributed by atoms with Crippen LogP contribution >= 0.6 is 0 Å². The fourth-order valence-electron chi connectivity index (χ4n) is 6.30. The van der Waals surface area contributed by atoms with Crippen molar-refractivity contribution in [3.8, 4) is 28.7 Å². The molecule has 9 rings (SSSR count). The van der Waals surface area contributed by atoms with Gasteiger partial charge in [-0.2, -0.15) is 15.0 Å². The van der Waals surface area contributed by atoms with Gasteiger partial charge in [0.1, 0.15) is 0 Å². The molecule has 0 bridgehead atoms. The quantitative estimate of drug-likeness (QED) is 0.185. The summed E-state index contributed by atoms with van der Waals surface area (Å²) in [5, 5.41) is 4.11. The monoisotopic (exact) mass is 617 g/mol. The highest BCUT2D eigenvalue weighted by molar-refractivity contribution is 6.07. The smallest absolute Gasteiger partial charge is 0.240 e. The molecule has 0 radical (unpaired) electrons. The molecule has 6 aromatic carbocycles. The van der Waals surface area contributed by atoms with Crippen LogP contribution in [0.4, 0.5) is 17.3 Å². The summed E-state index contributed by atoms with van der Waals surface area (Å²) in [6, 6.07) is 53.1. The predicted octanol–water partition coefficient (Wildman–Crippen LogP) is 9.72. The summed E-state index contributed by atoms with van der Waals surface area (Å²) in [5.41, 5.74) is 5.37. The van der Waals surface area contributed by atoms with Gasteiger partial charge in [0, 0.05) is 39.5 Å². The fourth-order valence-corrected chi connectivity index (χ4v) is 6.30. The fraction of sp³-hybridized carbons (Fsp3) is 0. The van der Waals surface area contributed by atoms with Gasteiger partial charge in [-0.25, -0.2) is 9.97 Å². The van der Waals surface area contributed by atoms with E-state index in [1.54, 1.807) is 0 Å². The lowest BCUT2D eigenvalue weighted by atomic mass is 10.0. The number of hydrogen-bond acceptors (Lipinski definition) is 6. The standard InChI is InChI=1S/C41H27N7/c1-4-16-29(17-5-1)37-43-38(34-25-14-18-28-15-10-11-23-32(28)34)45-41(44-37)48-36-26-13-12-24-33(36)35-27-42-40(46-39(35)48)47(30-19-6-2-7-20-30)31-21-8-3-9-22-31/h1-27H. The highest BCUT2D eigenvalue weighted by Crippen LogP contribution is 2.36. The molecule has 3 heterocycles. The molecule has 0 atom stereocenters. The van der Waals surface area contributed by atoms with Crippen LogP contribution in [-0.2, 0) is 0 Å². The van der Waals surface area contributed by atoms with Crippen molar-refractivity contribution in [2.75, 3.05) is 4.90 Å². The van der Waals surface area contributed by atoms with Crippen molar-refractivity contribution >= 4 is 50.0 Å². The molecule has 7 heteroatoms. The normalized spacial score (nSPS) is 11.3. The van der Waals surface area contributed by atoms with E-state index in [2.05, 4.69) is 65.6 Å². The zero-order valence-electron chi connectivity index (χ0n) is 25.7. The summed E-state index contributed by atoms with van der Waals surface area (Å²) in [4.78, 5) is 27.6. The number of aromatic nitrogens is 6. The Hall–Kier alpha value is -6.73. The number of fused-ring (bicyclic) bond motifs is 4. The summed E-state index contributed by atoms with van der Waals surface area (Å²) in [6.45, 7) is 0. The lowest BCUT2D eigenvalue weighted by Gasteiger charge is -2.23. The molecular weight excluding hydrogens is 591 g/mol. The van der Waals surface area contributed by atoms with Gasteiger partial charge >= 0.3 is 0 Å². The number of nitrogens with zero attached hydrogens (tertiary/aromatic N) is 7. The van der Waals surface area contributed by atoms with E-state index in [0.29, 0.717) is 29.2 Å². The number of hydrogen-bond donors (Lipinski definition) is 0. The molecular formula is C41H27N7. The highest BCUT2D eigenvalue weighted by atomic mass is 15.3. The molecule has 48 heavy (non-hydrogen) atoms. The van der Waals surface area contributed by atoms with Crippen LogP contribution in [0.2, 0.25) is 0 Å². The summed E-state index contributed by atoms with van der Waals surface area (Å²) in [6.07, 6.45) is 1.90. The van der Waals surface area contributed by atoms with Crippen LogP contribution in [0.25, 0.3) is 61.4 Å². The van der Waals surface area contributed by atoms with Gasteiger partial charge in [0.25, 0.3) is 0 Å². The van der Waals surface area contributed by atoms with Crippen molar-refractivity contribution in [1.29, 1.82) is 0 Å². The zero-order chi connectivity index (χ0) is 31.9. The first-order chi connectivity index (χ1) is 23.8. The third-order valence-corrected chi connectivity index (χ3v) is 8.52. The third-order valence-electron chi connectivity index (χ3n) is 8.52. The molecule has 0 N–H and O–H groups in total. The van der Waals surface area contributed by atoms with Gasteiger partial charge < -0.3 is 0 Å². The minimum Gasteiger partial charge on any atom is -0.279 e. The van der Waals surface area contributed by atoms with E-state index in [-0.39, 0.29) is 0 Å². The predicted molar refractivity (Wildman–Crippen MR) is 193 cm³/mol. The Morgan fingerprint density at radius 2 is 1.06 bits per heavy atom. The topological polar surface area (TPSA) is 72.6 Å². The number of para-hydroxylation sites is 3. The summed E-state index contributed by atoms with van der Waals surface area (Å²) >= 11 is 0. The highest BCUT2D eigenvalue weighted by Gasteiger charge is 2.22. The van der Waals surface area contributed by atoms with Gasteiger partial charge in [-0.1, -0.05) is 127 Å². The summed E-state index contributed by atoms with van der Waals surface area (Å²) in [7, 11) is 0. The van der Waals surface area contributed by atoms with E-state index in [9.17, 15) is 0 Å². The van der Waals surface area contributed by atoms with Gasteiger partial charge in [0.15, 0.2) is 17.3 Å². The lowest BCUT2D eigenvalue weighted by Crippen LogP contribution is -2.14. The molecule has 3 aromatic heterocycles. The zero-order valence-corrected chi connectivity index (χ0v) is 25.7. The average Bonchev–Trinajstić information content (AvgIpc) is 3.49. The second-order valence-electron chi connectivity index (χ2n) is 11.4. The molecule has 0 aliphatic rings. The molecule has 226 valence electrons. The number of anilines is 3. The molecule has 0 amide bonds. The van der Waals surface area contributed by atoms with Gasteiger partial charge in [0.2, 0.25) is 11.9 Å². The Kier molecular flexibility index (Phi) is 6.64. The van der Waals surface area contributed by atoms with Crippen molar-refractivity contribution in [2.24, 2.45) is 0 Å². The number of benzene rings is 6. The van der Waals surface area contributed by atoms with Gasteiger partial charge in [-0.05, 0) is 41.1 Å². The van der Waals surface area contributed by atoms with Crippen LogP contribution in [0.5, 0.6) is 0 Å². The Morgan fingerprint density at radius 1 is 0.458 bits per heavy atom. The maximum Gasteiger partial charge on any atom is 0.240 e. The SMILES string of the molecule is c1ccc(-c2nc(-c3cccc4ccccc34)nc(-n3c4ccccc4c4cnc(N(c5ccccc5)c5ccccc5)nc43)n2)cc1. The minimum atomic E-state index is 0.480. The van der Waals surface area contributed by atoms with E-state index < -0.39 is 0 Å². The van der Waals surface area contributed by atoms with Gasteiger partial charge in [-0.15, -0.1) is 0 Å². The minimum absolute atomic E-state index is 0.480. The van der Waals surface area contributed by atoms with E-state index in [1.807, 2.05) is 108 Å². The third kappa shape index (κ3) is 4.73.